The maximum absolute atomic E-state index is 11.4. The van der Waals surface area contributed by atoms with Gasteiger partial charge in [-0.3, -0.25) is 4.79 Å². The molecule has 1 aliphatic rings. The number of carboxylic acid groups (broad SMARTS) is 1. The minimum Gasteiger partial charge on any atom is -0.480 e. The summed E-state index contributed by atoms with van der Waals surface area (Å²) < 4.78 is 22.5. The third kappa shape index (κ3) is 2.94. The molecule has 0 aromatic heterocycles. The summed E-state index contributed by atoms with van der Waals surface area (Å²) in [5.74, 6) is -1.51. The smallest absolute Gasteiger partial charge is 0.326 e. The zero-order valence-corrected chi connectivity index (χ0v) is 9.87. The highest BCUT2D eigenvalue weighted by atomic mass is 32.2. The lowest BCUT2D eigenvalue weighted by molar-refractivity contribution is -0.146. The molecule has 0 aromatic rings. The number of amides is 1. The number of likely N-dealkylation sites (tertiary alicyclic amines) is 1. The molecule has 6 nitrogen and oxygen atoms in total. The Kier molecular flexibility index (Phi) is 3.90. The van der Waals surface area contributed by atoms with Crippen LogP contribution in [0.2, 0.25) is 0 Å². The van der Waals surface area contributed by atoms with Crippen molar-refractivity contribution in [3.63, 3.8) is 0 Å². The summed E-state index contributed by atoms with van der Waals surface area (Å²) >= 11 is 0. The van der Waals surface area contributed by atoms with Crippen molar-refractivity contribution < 1.29 is 23.1 Å². The molecule has 92 valence electrons. The molecule has 1 rings (SSSR count). The number of rotatable bonds is 5. The van der Waals surface area contributed by atoms with Crippen LogP contribution in [0.4, 0.5) is 0 Å². The molecule has 0 spiro atoms. The molecule has 1 atom stereocenters. The molecule has 1 heterocycles. The molecule has 16 heavy (non-hydrogen) atoms. The summed E-state index contributed by atoms with van der Waals surface area (Å²) in [4.78, 5) is 23.3. The van der Waals surface area contributed by atoms with Gasteiger partial charge >= 0.3 is 5.97 Å². The van der Waals surface area contributed by atoms with Crippen molar-refractivity contribution in [2.75, 3.05) is 18.1 Å². The second-order valence-electron chi connectivity index (χ2n) is 3.72. The van der Waals surface area contributed by atoms with Gasteiger partial charge in [0.25, 0.3) is 0 Å². The predicted octanol–water partition coefficient (Wildman–Crippen LogP) is -0.503. The summed E-state index contributed by atoms with van der Waals surface area (Å²) in [6.07, 6.45) is 0.448. The van der Waals surface area contributed by atoms with Gasteiger partial charge in [0.15, 0.2) is 9.84 Å². The lowest BCUT2D eigenvalue weighted by Gasteiger charge is -2.21. The Morgan fingerprint density at radius 3 is 2.69 bits per heavy atom. The van der Waals surface area contributed by atoms with Crippen LogP contribution in [0.3, 0.4) is 0 Å². The van der Waals surface area contributed by atoms with E-state index in [-0.39, 0.29) is 36.8 Å². The molecule has 1 unspecified atom stereocenters. The summed E-state index contributed by atoms with van der Waals surface area (Å²) in [6, 6.07) is -0.862. The Hall–Kier alpha value is -1.11. The topological polar surface area (TPSA) is 91.8 Å². The van der Waals surface area contributed by atoms with Crippen molar-refractivity contribution in [2.24, 2.45) is 0 Å². The van der Waals surface area contributed by atoms with E-state index in [1.165, 1.54) is 6.92 Å². The number of carboxylic acids is 1. The normalized spacial score (nSPS) is 21.4. The maximum Gasteiger partial charge on any atom is 0.326 e. The maximum atomic E-state index is 11.4. The van der Waals surface area contributed by atoms with Crippen molar-refractivity contribution in [1.82, 2.24) is 4.90 Å². The standard InChI is InChI=1S/C9H15NO5S/c1-2-16(14,15)6-5-10-7(9(12)13)3-4-8(10)11/h7H,2-6H2,1H3,(H,12,13). The average Bonchev–Trinajstić information content (AvgIpc) is 2.57. The van der Waals surface area contributed by atoms with Crippen molar-refractivity contribution in [2.45, 2.75) is 25.8 Å². The molecule has 0 aliphatic carbocycles. The molecule has 1 aliphatic heterocycles. The van der Waals surface area contributed by atoms with Crippen LogP contribution >= 0.6 is 0 Å². The highest BCUT2D eigenvalue weighted by molar-refractivity contribution is 7.91. The van der Waals surface area contributed by atoms with Crippen LogP contribution in [0.15, 0.2) is 0 Å². The summed E-state index contributed by atoms with van der Waals surface area (Å²) in [6.45, 7) is 1.50. The van der Waals surface area contributed by atoms with Crippen molar-refractivity contribution in [1.29, 1.82) is 0 Å². The Bertz CT molecular complexity index is 389. The first-order valence-corrected chi connectivity index (χ1v) is 6.92. The van der Waals surface area contributed by atoms with Gasteiger partial charge in [0.1, 0.15) is 6.04 Å². The van der Waals surface area contributed by atoms with Crippen LogP contribution in [0.25, 0.3) is 0 Å². The van der Waals surface area contributed by atoms with Gasteiger partial charge < -0.3 is 10.0 Å². The highest BCUT2D eigenvalue weighted by Crippen LogP contribution is 2.18. The van der Waals surface area contributed by atoms with Crippen LogP contribution in [0, 0.1) is 0 Å². The Balaban J connectivity index is 2.64. The summed E-state index contributed by atoms with van der Waals surface area (Å²) in [5.41, 5.74) is 0. The van der Waals surface area contributed by atoms with Crippen molar-refractivity contribution in [3.8, 4) is 0 Å². The van der Waals surface area contributed by atoms with E-state index in [0.29, 0.717) is 0 Å². The van der Waals surface area contributed by atoms with Gasteiger partial charge in [-0.1, -0.05) is 6.92 Å². The van der Waals surface area contributed by atoms with Crippen LogP contribution in [0.5, 0.6) is 0 Å². The molecular formula is C9H15NO5S. The SMILES string of the molecule is CCS(=O)(=O)CCN1C(=O)CCC1C(=O)O. The van der Waals surface area contributed by atoms with Gasteiger partial charge in [-0.25, -0.2) is 13.2 Å². The number of hydrogen-bond acceptors (Lipinski definition) is 4. The third-order valence-electron chi connectivity index (χ3n) is 2.70. The number of carbonyl (C=O) groups excluding carboxylic acids is 1. The van der Waals surface area contributed by atoms with E-state index in [0.717, 1.165) is 4.90 Å². The van der Waals surface area contributed by atoms with Gasteiger partial charge in [-0.05, 0) is 6.42 Å². The van der Waals surface area contributed by atoms with Gasteiger partial charge in [0.2, 0.25) is 5.91 Å². The van der Waals surface area contributed by atoms with Crippen LogP contribution in [0.1, 0.15) is 19.8 Å². The van der Waals surface area contributed by atoms with Gasteiger partial charge in [0.05, 0.1) is 5.75 Å². The monoisotopic (exact) mass is 249 g/mol. The third-order valence-corrected chi connectivity index (χ3v) is 4.38. The number of carbonyl (C=O) groups is 2. The fraction of sp³-hybridized carbons (Fsp3) is 0.778. The second kappa shape index (κ2) is 4.82. The fourth-order valence-electron chi connectivity index (χ4n) is 1.65. The Morgan fingerprint density at radius 2 is 2.19 bits per heavy atom. The fourth-order valence-corrected chi connectivity index (χ4v) is 2.42. The van der Waals surface area contributed by atoms with Crippen LogP contribution in [-0.4, -0.2) is 54.4 Å². The van der Waals surface area contributed by atoms with E-state index >= 15 is 0 Å². The largest absolute Gasteiger partial charge is 0.480 e. The molecule has 7 heteroatoms. The van der Waals surface area contributed by atoms with Crippen LogP contribution < -0.4 is 0 Å². The number of sulfone groups is 1. The van der Waals surface area contributed by atoms with E-state index in [2.05, 4.69) is 0 Å². The lowest BCUT2D eigenvalue weighted by Crippen LogP contribution is -2.41. The van der Waals surface area contributed by atoms with E-state index < -0.39 is 21.8 Å². The molecule has 1 N–H and O–H groups in total. The zero-order chi connectivity index (χ0) is 12.3. The second-order valence-corrected chi connectivity index (χ2v) is 6.19. The minimum absolute atomic E-state index is 0.00671. The predicted molar refractivity (Wildman–Crippen MR) is 56.7 cm³/mol. The average molecular weight is 249 g/mol. The zero-order valence-electron chi connectivity index (χ0n) is 9.05. The molecule has 0 aromatic carbocycles. The van der Waals surface area contributed by atoms with Crippen molar-refractivity contribution in [3.05, 3.63) is 0 Å². The highest BCUT2D eigenvalue weighted by Gasteiger charge is 2.36. The van der Waals surface area contributed by atoms with Crippen LogP contribution in [-0.2, 0) is 19.4 Å². The van der Waals surface area contributed by atoms with E-state index in [4.69, 9.17) is 5.11 Å². The van der Waals surface area contributed by atoms with E-state index in [9.17, 15) is 18.0 Å². The molecular weight excluding hydrogens is 234 g/mol. The van der Waals surface area contributed by atoms with Gasteiger partial charge in [-0.15, -0.1) is 0 Å². The molecule has 1 saturated heterocycles. The Morgan fingerprint density at radius 1 is 1.56 bits per heavy atom. The van der Waals surface area contributed by atoms with Crippen molar-refractivity contribution >= 4 is 21.7 Å². The molecule has 0 bridgehead atoms. The summed E-state index contributed by atoms with van der Waals surface area (Å²) in [5, 5.41) is 8.84. The number of aliphatic carboxylic acids is 1. The first-order valence-electron chi connectivity index (χ1n) is 5.10. The number of hydrogen-bond donors (Lipinski definition) is 1. The van der Waals surface area contributed by atoms with E-state index in [1.54, 1.807) is 0 Å². The molecule has 0 radical (unpaired) electrons. The summed E-state index contributed by atoms with van der Waals surface area (Å²) in [7, 11) is -3.17. The first kappa shape index (κ1) is 13.0. The Labute approximate surface area is 94.2 Å². The molecule has 0 saturated carbocycles. The molecule has 1 fully saturated rings. The quantitative estimate of drug-likeness (QED) is 0.709. The minimum atomic E-state index is -3.17. The molecule has 1 amide bonds. The lowest BCUT2D eigenvalue weighted by atomic mass is 10.2. The number of nitrogens with zero attached hydrogens (tertiary/aromatic N) is 1. The first-order chi connectivity index (χ1) is 7.37. The van der Waals surface area contributed by atoms with Gasteiger partial charge in [-0.2, -0.15) is 0 Å². The van der Waals surface area contributed by atoms with Gasteiger partial charge in [0, 0.05) is 18.7 Å². The van der Waals surface area contributed by atoms with E-state index in [1.807, 2.05) is 0 Å².